The fourth-order valence-electron chi connectivity index (χ4n) is 3.36. The van der Waals surface area contributed by atoms with Gasteiger partial charge in [-0.25, -0.2) is 13.1 Å². The van der Waals surface area contributed by atoms with Crippen molar-refractivity contribution in [3.8, 4) is 0 Å². The first-order valence-corrected chi connectivity index (χ1v) is 10.8. The Hall–Kier alpha value is -0.960. The lowest BCUT2D eigenvalue weighted by molar-refractivity contribution is -0.136. The van der Waals surface area contributed by atoms with Gasteiger partial charge in [0.05, 0.1) is 6.42 Å². The predicted octanol–water partition coefficient (Wildman–Crippen LogP) is 2.41. The number of carboxylic acids is 1. The zero-order valence-corrected chi connectivity index (χ0v) is 16.9. The summed E-state index contributed by atoms with van der Waals surface area (Å²) < 4.78 is 27.9. The Morgan fingerprint density at radius 1 is 1.32 bits per heavy atom. The first-order chi connectivity index (χ1) is 11.5. The Morgan fingerprint density at radius 2 is 1.92 bits per heavy atom. The van der Waals surface area contributed by atoms with Crippen LogP contribution in [0.15, 0.2) is 16.3 Å². The van der Waals surface area contributed by atoms with Crippen LogP contribution >= 0.6 is 11.3 Å². The van der Waals surface area contributed by atoms with Gasteiger partial charge in [-0.1, -0.05) is 13.8 Å². The van der Waals surface area contributed by atoms with Gasteiger partial charge in [-0.2, -0.15) is 0 Å². The minimum Gasteiger partial charge on any atom is -0.481 e. The maximum Gasteiger partial charge on any atom is 0.308 e. The van der Waals surface area contributed by atoms with E-state index < -0.39 is 16.0 Å². The second kappa shape index (κ2) is 7.73. The molecule has 0 amide bonds. The molecule has 2 rings (SSSR count). The van der Waals surface area contributed by atoms with Crippen molar-refractivity contribution in [1.82, 2.24) is 9.62 Å². The third-order valence-corrected chi connectivity index (χ3v) is 7.63. The van der Waals surface area contributed by atoms with Gasteiger partial charge in [0, 0.05) is 30.1 Å². The first-order valence-electron chi connectivity index (χ1n) is 8.55. The van der Waals surface area contributed by atoms with Crippen molar-refractivity contribution in [2.24, 2.45) is 11.8 Å². The van der Waals surface area contributed by atoms with Crippen LogP contribution in [0.5, 0.6) is 0 Å². The van der Waals surface area contributed by atoms with Gasteiger partial charge in [0.1, 0.15) is 4.21 Å². The summed E-state index contributed by atoms with van der Waals surface area (Å²) in [6.07, 6.45) is 1.05. The van der Waals surface area contributed by atoms with Gasteiger partial charge < -0.3 is 5.11 Å². The molecule has 0 spiro atoms. The fourth-order valence-corrected chi connectivity index (χ4v) is 5.95. The van der Waals surface area contributed by atoms with E-state index in [9.17, 15) is 13.2 Å². The number of hydrogen-bond donors (Lipinski definition) is 2. The second-order valence-corrected chi connectivity index (χ2v) is 10.9. The molecule has 2 heterocycles. The first kappa shape index (κ1) is 20.4. The van der Waals surface area contributed by atoms with Gasteiger partial charge in [0.2, 0.25) is 10.0 Å². The number of thiophene rings is 1. The van der Waals surface area contributed by atoms with E-state index in [0.717, 1.165) is 24.4 Å². The average molecular weight is 389 g/mol. The molecule has 25 heavy (non-hydrogen) atoms. The molecular weight excluding hydrogens is 360 g/mol. The zero-order chi connectivity index (χ0) is 18.8. The molecule has 1 fully saturated rings. The van der Waals surface area contributed by atoms with Crippen molar-refractivity contribution in [3.05, 3.63) is 17.0 Å². The molecular formula is C17H28N2O4S2. The number of likely N-dealkylation sites (tertiary alicyclic amines) is 1. The smallest absolute Gasteiger partial charge is 0.308 e. The van der Waals surface area contributed by atoms with Crippen molar-refractivity contribution in [2.75, 3.05) is 19.6 Å². The van der Waals surface area contributed by atoms with E-state index in [1.165, 1.54) is 12.5 Å². The van der Waals surface area contributed by atoms with Crippen LogP contribution in [0, 0.1) is 11.8 Å². The van der Waals surface area contributed by atoms with E-state index in [1.54, 1.807) is 6.07 Å². The highest BCUT2D eigenvalue weighted by Crippen LogP contribution is 2.28. The number of nitrogens with one attached hydrogen (secondary N) is 1. The lowest BCUT2D eigenvalue weighted by atomic mass is 9.88. The van der Waals surface area contributed by atoms with Crippen LogP contribution in [0.4, 0.5) is 0 Å². The van der Waals surface area contributed by atoms with E-state index in [-0.39, 0.29) is 16.2 Å². The third kappa shape index (κ3) is 5.51. The molecule has 142 valence electrons. The minimum atomic E-state index is -3.63. The summed E-state index contributed by atoms with van der Waals surface area (Å²) in [5, 5.41) is 8.81. The van der Waals surface area contributed by atoms with Crippen molar-refractivity contribution < 1.29 is 18.3 Å². The van der Waals surface area contributed by atoms with E-state index in [2.05, 4.69) is 37.3 Å². The van der Waals surface area contributed by atoms with Gasteiger partial charge in [-0.05, 0) is 44.2 Å². The molecule has 1 aliphatic rings. The van der Waals surface area contributed by atoms with E-state index in [1.807, 2.05) is 0 Å². The SMILES string of the molecule is CC1CC(C)CN(C(C)(C)CNS(=O)(=O)c2ccc(CC(=O)O)s2)C1. The van der Waals surface area contributed by atoms with Gasteiger partial charge in [0.25, 0.3) is 0 Å². The summed E-state index contributed by atoms with van der Waals surface area (Å²) in [4.78, 5) is 13.6. The molecule has 0 bridgehead atoms. The summed E-state index contributed by atoms with van der Waals surface area (Å²) >= 11 is 1.01. The number of aliphatic carboxylic acids is 1. The molecule has 8 heteroatoms. The molecule has 0 radical (unpaired) electrons. The summed E-state index contributed by atoms with van der Waals surface area (Å²) in [5.74, 6) is 0.249. The molecule has 6 nitrogen and oxygen atoms in total. The molecule has 0 saturated carbocycles. The topological polar surface area (TPSA) is 86.7 Å². The number of nitrogens with zero attached hydrogens (tertiary/aromatic N) is 1. The largest absolute Gasteiger partial charge is 0.481 e. The van der Waals surface area contributed by atoms with Gasteiger partial charge in [0.15, 0.2) is 0 Å². The number of rotatable bonds is 7. The summed E-state index contributed by atoms with van der Waals surface area (Å²) in [7, 11) is -3.63. The minimum absolute atomic E-state index is 0.158. The number of carbonyl (C=O) groups is 1. The molecule has 1 aromatic rings. The van der Waals surface area contributed by atoms with Gasteiger partial charge in [-0.3, -0.25) is 9.69 Å². The maximum atomic E-state index is 12.5. The summed E-state index contributed by atoms with van der Waals surface area (Å²) in [6.45, 7) is 10.9. The quantitative estimate of drug-likeness (QED) is 0.749. The maximum absolute atomic E-state index is 12.5. The fraction of sp³-hybridized carbons (Fsp3) is 0.706. The molecule has 1 aromatic heterocycles. The van der Waals surface area contributed by atoms with E-state index >= 15 is 0 Å². The van der Waals surface area contributed by atoms with Crippen LogP contribution in [0.3, 0.4) is 0 Å². The third-order valence-electron chi connectivity index (χ3n) is 4.65. The standard InChI is InChI=1S/C17H28N2O4S2/c1-12-7-13(2)10-19(9-12)17(3,4)11-18-25(22,23)16-6-5-14(24-16)8-15(20)21/h5-6,12-13,18H,7-11H2,1-4H3,(H,20,21). The monoisotopic (exact) mass is 388 g/mol. The summed E-state index contributed by atoms with van der Waals surface area (Å²) in [6, 6.07) is 3.04. The van der Waals surface area contributed by atoms with Crippen LogP contribution in [-0.4, -0.2) is 49.6 Å². The Morgan fingerprint density at radius 3 is 2.48 bits per heavy atom. The molecule has 1 aliphatic heterocycles. The van der Waals surface area contributed by atoms with Gasteiger partial charge >= 0.3 is 5.97 Å². The lowest BCUT2D eigenvalue weighted by Gasteiger charge is -2.45. The highest BCUT2D eigenvalue weighted by molar-refractivity contribution is 7.91. The second-order valence-electron chi connectivity index (χ2n) is 7.78. The van der Waals surface area contributed by atoms with Crippen LogP contribution in [0.2, 0.25) is 0 Å². The molecule has 0 aliphatic carbocycles. The Kier molecular flexibility index (Phi) is 6.30. The molecule has 2 N–H and O–H groups in total. The number of hydrogen-bond acceptors (Lipinski definition) is 5. The van der Waals surface area contributed by atoms with E-state index in [4.69, 9.17) is 5.11 Å². The van der Waals surface area contributed by atoms with Crippen molar-refractivity contribution in [3.63, 3.8) is 0 Å². The predicted molar refractivity (Wildman–Crippen MR) is 99.4 cm³/mol. The Balaban J connectivity index is 2.02. The average Bonchev–Trinajstić information content (AvgIpc) is 2.93. The normalized spacial score (nSPS) is 22.9. The molecule has 1 saturated heterocycles. The van der Waals surface area contributed by atoms with Crippen LogP contribution in [0.1, 0.15) is 39.0 Å². The van der Waals surface area contributed by atoms with Gasteiger partial charge in [-0.15, -0.1) is 11.3 Å². The Labute approximate surface area is 154 Å². The van der Waals surface area contributed by atoms with Crippen molar-refractivity contribution in [1.29, 1.82) is 0 Å². The zero-order valence-electron chi connectivity index (χ0n) is 15.3. The van der Waals surface area contributed by atoms with Crippen LogP contribution < -0.4 is 4.72 Å². The number of piperidine rings is 1. The number of sulfonamides is 1. The van der Waals surface area contributed by atoms with Crippen LogP contribution in [-0.2, 0) is 21.2 Å². The van der Waals surface area contributed by atoms with Crippen LogP contribution in [0.25, 0.3) is 0 Å². The molecule has 2 atom stereocenters. The molecule has 0 aromatic carbocycles. The van der Waals surface area contributed by atoms with Crippen molar-refractivity contribution in [2.45, 2.75) is 50.3 Å². The number of carboxylic acid groups (broad SMARTS) is 1. The lowest BCUT2D eigenvalue weighted by Crippen LogP contribution is -2.56. The van der Waals surface area contributed by atoms with Crippen molar-refractivity contribution >= 4 is 27.3 Å². The molecule has 2 unspecified atom stereocenters. The highest BCUT2D eigenvalue weighted by atomic mass is 32.2. The summed E-state index contributed by atoms with van der Waals surface area (Å²) in [5.41, 5.74) is -0.281. The van der Waals surface area contributed by atoms with E-state index in [0.29, 0.717) is 23.3 Å². The highest BCUT2D eigenvalue weighted by Gasteiger charge is 2.33. The Bertz CT molecular complexity index is 702.